The second-order valence-electron chi connectivity index (χ2n) is 5.73. The molecular weight excluding hydrogens is 272 g/mol. The van der Waals surface area contributed by atoms with Crippen molar-refractivity contribution in [3.63, 3.8) is 0 Å². The summed E-state index contributed by atoms with van der Waals surface area (Å²) in [6.45, 7) is 7.66. The van der Waals surface area contributed by atoms with Gasteiger partial charge in [0, 0.05) is 16.7 Å². The third kappa shape index (κ3) is 3.15. The Morgan fingerprint density at radius 2 is 2.05 bits per heavy atom. The lowest BCUT2D eigenvalue weighted by atomic mass is 10.1. The molecule has 2 aromatic rings. The van der Waals surface area contributed by atoms with Gasteiger partial charge in [-0.05, 0) is 52.0 Å². The van der Waals surface area contributed by atoms with E-state index in [1.54, 1.807) is 18.2 Å². The highest BCUT2D eigenvalue weighted by Crippen LogP contribution is 2.26. The molecule has 20 heavy (non-hydrogen) atoms. The Hall–Kier alpha value is -1.48. The van der Waals surface area contributed by atoms with Gasteiger partial charge in [-0.2, -0.15) is 5.26 Å². The van der Waals surface area contributed by atoms with Crippen LogP contribution in [0.5, 0.6) is 0 Å². The summed E-state index contributed by atoms with van der Waals surface area (Å²) in [4.78, 5) is 0. The highest BCUT2D eigenvalue weighted by molar-refractivity contribution is 7.90. The molecule has 2 rings (SSSR count). The second kappa shape index (κ2) is 5.49. The van der Waals surface area contributed by atoms with Crippen LogP contribution in [0, 0.1) is 11.3 Å². The van der Waals surface area contributed by atoms with Gasteiger partial charge in [0.25, 0.3) is 0 Å². The van der Waals surface area contributed by atoms with Crippen LogP contribution in [0.3, 0.4) is 0 Å². The van der Waals surface area contributed by atoms with E-state index in [-0.39, 0.29) is 10.8 Å². The predicted molar refractivity (Wildman–Crippen MR) is 80.4 cm³/mol. The lowest BCUT2D eigenvalue weighted by Crippen LogP contribution is -2.40. The van der Waals surface area contributed by atoms with Gasteiger partial charge in [0.15, 0.2) is 0 Å². The van der Waals surface area contributed by atoms with Gasteiger partial charge in [0.2, 0.25) is 0 Å². The maximum atomic E-state index is 12.1. The van der Waals surface area contributed by atoms with Gasteiger partial charge in [0.05, 0.1) is 11.6 Å². The van der Waals surface area contributed by atoms with E-state index >= 15 is 0 Å². The smallest absolute Gasteiger partial charge is 0.136 e. The largest absolute Gasteiger partial charge is 0.598 e. The van der Waals surface area contributed by atoms with Crippen molar-refractivity contribution in [2.24, 2.45) is 0 Å². The van der Waals surface area contributed by atoms with Crippen LogP contribution in [-0.2, 0) is 11.4 Å². The molecule has 2 atom stereocenters. The Labute approximate surface area is 122 Å². The van der Waals surface area contributed by atoms with Crippen LogP contribution in [-0.4, -0.2) is 9.30 Å². The van der Waals surface area contributed by atoms with Crippen molar-refractivity contribution >= 4 is 22.3 Å². The molecule has 106 valence electrons. The van der Waals surface area contributed by atoms with E-state index in [0.717, 1.165) is 11.0 Å². The Bertz CT molecular complexity index is 652. The summed E-state index contributed by atoms with van der Waals surface area (Å²) in [7, 11) is 0. The molecule has 1 aromatic heterocycles. The zero-order valence-corrected chi connectivity index (χ0v) is 12.9. The average molecular weight is 290 g/mol. The van der Waals surface area contributed by atoms with Gasteiger partial charge < -0.3 is 8.97 Å². The first-order chi connectivity index (χ1) is 9.31. The summed E-state index contributed by atoms with van der Waals surface area (Å²) in [6, 6.07) is 9.12. The molecule has 4 nitrogen and oxygen atoms in total. The number of fused-ring (bicyclic) bond motifs is 1. The van der Waals surface area contributed by atoms with Gasteiger partial charge >= 0.3 is 0 Å². The van der Waals surface area contributed by atoms with Crippen LogP contribution in [0.4, 0.5) is 0 Å². The predicted octanol–water partition coefficient (Wildman–Crippen LogP) is 3.42. The van der Waals surface area contributed by atoms with Crippen LogP contribution < -0.4 is 4.72 Å². The fourth-order valence-electron chi connectivity index (χ4n) is 1.74. The minimum atomic E-state index is -1.16. The molecule has 0 aliphatic rings. The van der Waals surface area contributed by atoms with E-state index < -0.39 is 11.4 Å². The number of furan rings is 1. The van der Waals surface area contributed by atoms with Gasteiger partial charge in [-0.3, -0.25) is 0 Å². The molecule has 1 N–H and O–H groups in total. The molecule has 0 aliphatic carbocycles. The highest BCUT2D eigenvalue weighted by Gasteiger charge is 2.29. The second-order valence-corrected chi connectivity index (χ2v) is 7.73. The summed E-state index contributed by atoms with van der Waals surface area (Å²) >= 11 is -1.16. The zero-order valence-electron chi connectivity index (χ0n) is 12.1. The Kier molecular flexibility index (Phi) is 4.09. The number of nitriles is 1. The first-order valence-electron chi connectivity index (χ1n) is 6.43. The zero-order chi connectivity index (χ0) is 14.9. The van der Waals surface area contributed by atoms with Crippen molar-refractivity contribution in [2.45, 2.75) is 38.5 Å². The number of rotatable bonds is 3. The number of benzene rings is 1. The van der Waals surface area contributed by atoms with Gasteiger partial charge in [0.1, 0.15) is 22.1 Å². The molecule has 5 heteroatoms. The first kappa shape index (κ1) is 14.9. The van der Waals surface area contributed by atoms with E-state index in [0.29, 0.717) is 11.3 Å². The minimum absolute atomic E-state index is 0.159. The van der Waals surface area contributed by atoms with E-state index in [9.17, 15) is 4.55 Å². The summed E-state index contributed by atoms with van der Waals surface area (Å²) < 4.78 is 20.5. The third-order valence-electron chi connectivity index (χ3n) is 2.93. The van der Waals surface area contributed by atoms with Crippen molar-refractivity contribution in [3.8, 4) is 6.07 Å². The molecule has 0 unspecified atom stereocenters. The molecule has 0 fully saturated rings. The molecule has 0 radical (unpaired) electrons. The third-order valence-corrected chi connectivity index (χ3v) is 4.61. The molecule has 0 bridgehead atoms. The molecule has 1 aromatic carbocycles. The number of hydrogen-bond donors (Lipinski definition) is 1. The van der Waals surface area contributed by atoms with Gasteiger partial charge in [-0.1, -0.05) is 0 Å². The van der Waals surface area contributed by atoms with Crippen LogP contribution in [0.15, 0.2) is 28.7 Å². The number of nitrogens with zero attached hydrogens (tertiary/aromatic N) is 1. The van der Waals surface area contributed by atoms with E-state index in [2.05, 4.69) is 10.8 Å². The van der Waals surface area contributed by atoms with E-state index in [1.807, 2.05) is 33.8 Å². The Balaban J connectivity index is 2.23. The molecule has 0 aliphatic heterocycles. The first-order valence-corrected chi connectivity index (χ1v) is 7.58. The van der Waals surface area contributed by atoms with Gasteiger partial charge in [-0.25, -0.2) is 0 Å². The topological polar surface area (TPSA) is 72.0 Å². The van der Waals surface area contributed by atoms with Crippen molar-refractivity contribution in [1.82, 2.24) is 4.72 Å². The fourth-order valence-corrected chi connectivity index (χ4v) is 2.53. The summed E-state index contributed by atoms with van der Waals surface area (Å²) in [5, 5.41) is 9.77. The quantitative estimate of drug-likeness (QED) is 0.879. The lowest BCUT2D eigenvalue weighted by molar-refractivity contribution is 0.475. The maximum Gasteiger partial charge on any atom is 0.136 e. The molecule has 0 spiro atoms. The molecule has 1 heterocycles. The maximum absolute atomic E-state index is 12.1. The summed E-state index contributed by atoms with van der Waals surface area (Å²) in [6.07, 6.45) is 0. The normalized spacial score (nSPS) is 15.0. The van der Waals surface area contributed by atoms with Gasteiger partial charge in [-0.15, -0.1) is 4.72 Å². The van der Waals surface area contributed by atoms with Crippen molar-refractivity contribution in [1.29, 1.82) is 5.26 Å². The lowest BCUT2D eigenvalue weighted by Gasteiger charge is -2.25. The monoisotopic (exact) mass is 290 g/mol. The van der Waals surface area contributed by atoms with Crippen molar-refractivity contribution in [3.05, 3.63) is 35.6 Å². The van der Waals surface area contributed by atoms with Crippen LogP contribution in [0.25, 0.3) is 11.0 Å². The van der Waals surface area contributed by atoms with E-state index in [4.69, 9.17) is 9.68 Å². The molecule has 0 saturated heterocycles. The Morgan fingerprint density at radius 1 is 1.35 bits per heavy atom. The van der Waals surface area contributed by atoms with Crippen LogP contribution in [0.2, 0.25) is 0 Å². The van der Waals surface area contributed by atoms with Crippen LogP contribution >= 0.6 is 0 Å². The standard InChI is InChI=1S/C15H18N2O2S/c1-10(17-20(18)15(2,3)4)14-8-12-7-11(9-16)5-6-13(12)19-14/h5-8,10,17H,1-4H3/t10-,20+/m1/s1. The van der Waals surface area contributed by atoms with Crippen molar-refractivity contribution < 1.29 is 8.97 Å². The molecular formula is C15H18N2O2S. The van der Waals surface area contributed by atoms with E-state index in [1.165, 1.54) is 0 Å². The highest BCUT2D eigenvalue weighted by atomic mass is 32.2. The fraction of sp³-hybridized carbons (Fsp3) is 0.400. The SMILES string of the molecule is C[C@@H](N[S@@+]([O-])C(C)(C)C)c1cc2cc(C#N)ccc2o1. The Morgan fingerprint density at radius 3 is 2.65 bits per heavy atom. The summed E-state index contributed by atoms with van der Waals surface area (Å²) in [5.74, 6) is 0.715. The number of nitrogens with one attached hydrogen (secondary N) is 1. The summed E-state index contributed by atoms with van der Waals surface area (Å²) in [5.41, 5.74) is 1.33. The van der Waals surface area contributed by atoms with Crippen LogP contribution in [0.1, 0.15) is 45.1 Å². The molecule has 0 saturated carbocycles. The number of hydrogen-bond acceptors (Lipinski definition) is 4. The van der Waals surface area contributed by atoms with Crippen molar-refractivity contribution in [2.75, 3.05) is 0 Å². The average Bonchev–Trinajstić information content (AvgIpc) is 2.80. The minimum Gasteiger partial charge on any atom is -0.598 e. The molecule has 0 amide bonds.